The number of sulfonamides is 1. The molecule has 0 aliphatic heterocycles. The van der Waals surface area contributed by atoms with E-state index >= 15 is 0 Å². The summed E-state index contributed by atoms with van der Waals surface area (Å²) in [6.07, 6.45) is 3.06. The van der Waals surface area contributed by atoms with Gasteiger partial charge >= 0.3 is 0 Å². The Morgan fingerprint density at radius 3 is 2.31 bits per heavy atom. The van der Waals surface area contributed by atoms with E-state index in [0.29, 0.717) is 33.6 Å². The van der Waals surface area contributed by atoms with Crippen LogP contribution in [-0.2, 0) is 26.2 Å². The molecule has 0 bridgehead atoms. The van der Waals surface area contributed by atoms with Gasteiger partial charge in [0.2, 0.25) is 21.8 Å². The van der Waals surface area contributed by atoms with Crippen molar-refractivity contribution >= 4 is 62.3 Å². The van der Waals surface area contributed by atoms with Crippen molar-refractivity contribution < 1.29 is 18.0 Å². The molecule has 7 nitrogen and oxygen atoms in total. The molecule has 0 saturated heterocycles. The lowest BCUT2D eigenvalue weighted by atomic mass is 10.1. The Bertz CT molecular complexity index is 1140. The Kier molecular flexibility index (Phi) is 11.1. The standard InChI is InChI=1S/C24H30Cl3N3O4S/c1-4-6-12-28-24(32)22(5-2)29(15-17-10-11-20(26)21(27)13-17)23(31)16-30(35(3,33)34)19-9-7-8-18(25)14-19/h7-11,13-14,22H,4-6,12,15-16H2,1-3H3,(H,28,32)/t22-/m0/s1. The fourth-order valence-electron chi connectivity index (χ4n) is 3.51. The number of nitrogens with one attached hydrogen (secondary N) is 1. The van der Waals surface area contributed by atoms with Crippen molar-refractivity contribution in [3.8, 4) is 0 Å². The van der Waals surface area contributed by atoms with Gasteiger partial charge < -0.3 is 10.2 Å². The van der Waals surface area contributed by atoms with E-state index in [1.807, 2.05) is 6.92 Å². The smallest absolute Gasteiger partial charge is 0.244 e. The van der Waals surface area contributed by atoms with E-state index in [1.165, 1.54) is 11.0 Å². The third kappa shape index (κ3) is 8.56. The summed E-state index contributed by atoms with van der Waals surface area (Å²) in [6.45, 7) is 3.84. The summed E-state index contributed by atoms with van der Waals surface area (Å²) in [5, 5.41) is 3.88. The van der Waals surface area contributed by atoms with E-state index in [0.717, 1.165) is 23.4 Å². The number of amides is 2. The molecule has 0 saturated carbocycles. The lowest BCUT2D eigenvalue weighted by molar-refractivity contribution is -0.140. The monoisotopic (exact) mass is 561 g/mol. The number of hydrogen-bond donors (Lipinski definition) is 1. The van der Waals surface area contributed by atoms with Crippen molar-refractivity contribution in [3.63, 3.8) is 0 Å². The van der Waals surface area contributed by atoms with E-state index in [2.05, 4.69) is 5.32 Å². The number of hydrogen-bond acceptors (Lipinski definition) is 4. The van der Waals surface area contributed by atoms with Crippen molar-refractivity contribution in [1.29, 1.82) is 0 Å². The molecule has 0 fully saturated rings. The molecule has 2 amide bonds. The summed E-state index contributed by atoms with van der Waals surface area (Å²) < 4.78 is 26.2. The molecule has 0 aliphatic rings. The highest BCUT2D eigenvalue weighted by molar-refractivity contribution is 7.92. The number of nitrogens with zero attached hydrogens (tertiary/aromatic N) is 2. The summed E-state index contributed by atoms with van der Waals surface area (Å²) in [4.78, 5) is 28.0. The summed E-state index contributed by atoms with van der Waals surface area (Å²) in [7, 11) is -3.83. The van der Waals surface area contributed by atoms with Crippen molar-refractivity contribution in [2.75, 3.05) is 23.7 Å². The minimum Gasteiger partial charge on any atom is -0.354 e. The number of unbranched alkanes of at least 4 members (excludes halogenated alkanes) is 1. The first-order valence-electron chi connectivity index (χ1n) is 11.2. The predicted molar refractivity (Wildman–Crippen MR) is 143 cm³/mol. The molecular weight excluding hydrogens is 533 g/mol. The Balaban J connectivity index is 2.42. The largest absolute Gasteiger partial charge is 0.354 e. The molecule has 0 unspecified atom stereocenters. The zero-order chi connectivity index (χ0) is 26.2. The van der Waals surface area contributed by atoms with Gasteiger partial charge in [0.05, 0.1) is 22.0 Å². The van der Waals surface area contributed by atoms with Crippen LogP contribution in [0.4, 0.5) is 5.69 Å². The minimum absolute atomic E-state index is 0.0442. The van der Waals surface area contributed by atoms with Gasteiger partial charge in [-0.05, 0) is 48.7 Å². The lowest BCUT2D eigenvalue weighted by Crippen LogP contribution is -2.52. The molecule has 2 aromatic carbocycles. The minimum atomic E-state index is -3.83. The van der Waals surface area contributed by atoms with Gasteiger partial charge in [-0.15, -0.1) is 0 Å². The summed E-state index contributed by atoms with van der Waals surface area (Å²) in [5.74, 6) is -0.845. The number of rotatable bonds is 12. The maximum absolute atomic E-state index is 13.6. The second kappa shape index (κ2) is 13.3. The Labute approximate surface area is 222 Å². The van der Waals surface area contributed by atoms with Crippen LogP contribution in [0.1, 0.15) is 38.7 Å². The zero-order valence-electron chi connectivity index (χ0n) is 19.9. The van der Waals surface area contributed by atoms with Crippen LogP contribution < -0.4 is 9.62 Å². The third-order valence-corrected chi connectivity index (χ3v) is 7.44. The predicted octanol–water partition coefficient (Wildman–Crippen LogP) is 5.14. The van der Waals surface area contributed by atoms with Gasteiger partial charge in [-0.25, -0.2) is 8.42 Å². The quantitative estimate of drug-likeness (QED) is 0.363. The van der Waals surface area contributed by atoms with Gasteiger partial charge in [-0.3, -0.25) is 13.9 Å². The Morgan fingerprint density at radius 1 is 1.03 bits per heavy atom. The van der Waals surface area contributed by atoms with E-state index in [4.69, 9.17) is 34.8 Å². The first-order valence-corrected chi connectivity index (χ1v) is 14.2. The molecule has 0 aliphatic carbocycles. The Hall–Kier alpha value is -2.00. The van der Waals surface area contributed by atoms with Crippen LogP contribution in [0.3, 0.4) is 0 Å². The van der Waals surface area contributed by atoms with Gasteiger partial charge in [-0.2, -0.15) is 0 Å². The second-order valence-electron chi connectivity index (χ2n) is 8.09. The molecule has 1 atom stereocenters. The molecular formula is C24H30Cl3N3O4S. The summed E-state index contributed by atoms with van der Waals surface area (Å²) in [6, 6.07) is 10.4. The van der Waals surface area contributed by atoms with Gasteiger partial charge in [-0.1, -0.05) is 67.2 Å². The maximum atomic E-state index is 13.6. The highest BCUT2D eigenvalue weighted by Crippen LogP contribution is 2.25. The number of carbonyl (C=O) groups excluding carboxylic acids is 2. The van der Waals surface area contributed by atoms with E-state index in [-0.39, 0.29) is 18.1 Å². The van der Waals surface area contributed by atoms with E-state index in [1.54, 1.807) is 43.3 Å². The molecule has 35 heavy (non-hydrogen) atoms. The van der Waals surface area contributed by atoms with Crippen LogP contribution in [0.5, 0.6) is 0 Å². The number of halogens is 3. The van der Waals surface area contributed by atoms with Crippen LogP contribution in [0.2, 0.25) is 15.1 Å². The highest BCUT2D eigenvalue weighted by Gasteiger charge is 2.31. The number of carbonyl (C=O) groups is 2. The van der Waals surface area contributed by atoms with Crippen molar-refractivity contribution in [2.45, 2.75) is 45.7 Å². The van der Waals surface area contributed by atoms with Crippen molar-refractivity contribution in [1.82, 2.24) is 10.2 Å². The van der Waals surface area contributed by atoms with Crippen molar-refractivity contribution in [3.05, 3.63) is 63.1 Å². The highest BCUT2D eigenvalue weighted by atomic mass is 35.5. The van der Waals surface area contributed by atoms with Crippen LogP contribution in [0.25, 0.3) is 0 Å². The molecule has 0 spiro atoms. The van der Waals surface area contributed by atoms with Gasteiger partial charge in [0.25, 0.3) is 0 Å². The van der Waals surface area contributed by atoms with Crippen molar-refractivity contribution in [2.24, 2.45) is 0 Å². The summed E-state index contributed by atoms with van der Waals surface area (Å²) >= 11 is 18.2. The SMILES string of the molecule is CCCCNC(=O)[C@H](CC)N(Cc1ccc(Cl)c(Cl)c1)C(=O)CN(c1cccc(Cl)c1)S(C)(=O)=O. The molecule has 11 heteroatoms. The van der Waals surface area contributed by atoms with Crippen LogP contribution in [-0.4, -0.2) is 50.5 Å². The normalized spacial score (nSPS) is 12.2. The average molecular weight is 563 g/mol. The van der Waals surface area contributed by atoms with Crippen LogP contribution in [0, 0.1) is 0 Å². The average Bonchev–Trinajstić information content (AvgIpc) is 2.79. The number of anilines is 1. The van der Waals surface area contributed by atoms with E-state index < -0.39 is 28.5 Å². The fourth-order valence-corrected chi connectivity index (χ4v) is 4.85. The van der Waals surface area contributed by atoms with Gasteiger partial charge in [0.15, 0.2) is 0 Å². The molecule has 2 aromatic rings. The third-order valence-electron chi connectivity index (χ3n) is 5.33. The molecule has 0 aromatic heterocycles. The molecule has 2 rings (SSSR count). The lowest BCUT2D eigenvalue weighted by Gasteiger charge is -2.33. The second-order valence-corrected chi connectivity index (χ2v) is 11.2. The topological polar surface area (TPSA) is 86.8 Å². The van der Waals surface area contributed by atoms with E-state index in [9.17, 15) is 18.0 Å². The Morgan fingerprint density at radius 2 is 1.74 bits per heavy atom. The summed E-state index contributed by atoms with van der Waals surface area (Å²) in [5.41, 5.74) is 0.907. The van der Waals surface area contributed by atoms with Crippen LogP contribution >= 0.6 is 34.8 Å². The van der Waals surface area contributed by atoms with Gasteiger partial charge in [0.1, 0.15) is 12.6 Å². The van der Waals surface area contributed by atoms with Gasteiger partial charge in [0, 0.05) is 18.1 Å². The zero-order valence-corrected chi connectivity index (χ0v) is 23.0. The number of benzene rings is 2. The molecule has 0 radical (unpaired) electrons. The maximum Gasteiger partial charge on any atom is 0.244 e. The first-order chi connectivity index (χ1) is 16.5. The first kappa shape index (κ1) is 29.2. The molecule has 1 N–H and O–H groups in total. The molecule has 192 valence electrons. The molecule has 0 heterocycles. The fraction of sp³-hybridized carbons (Fsp3) is 0.417. The van der Waals surface area contributed by atoms with Crippen LogP contribution in [0.15, 0.2) is 42.5 Å².